The summed E-state index contributed by atoms with van der Waals surface area (Å²) in [6.45, 7) is 6.57. The Kier molecular flexibility index (Phi) is 5.00. The zero-order valence-electron chi connectivity index (χ0n) is 14.7. The summed E-state index contributed by atoms with van der Waals surface area (Å²) in [5, 5.41) is 4.06. The summed E-state index contributed by atoms with van der Waals surface area (Å²) < 4.78 is 0. The molecule has 5 heteroatoms. The first kappa shape index (κ1) is 16.7. The molecule has 1 saturated heterocycles. The molecule has 1 fully saturated rings. The van der Waals surface area contributed by atoms with Crippen LogP contribution in [0.25, 0.3) is 10.9 Å². The molecule has 0 aliphatic carbocycles. The minimum absolute atomic E-state index is 0.0599. The first-order chi connectivity index (χ1) is 11.6. The van der Waals surface area contributed by atoms with Crippen molar-refractivity contribution in [3.63, 3.8) is 0 Å². The molecule has 24 heavy (non-hydrogen) atoms. The van der Waals surface area contributed by atoms with Gasteiger partial charge in [0.05, 0.1) is 11.2 Å². The van der Waals surface area contributed by atoms with Gasteiger partial charge in [-0.15, -0.1) is 0 Å². The summed E-state index contributed by atoms with van der Waals surface area (Å²) in [5.41, 5.74) is 1.60. The van der Waals surface area contributed by atoms with Gasteiger partial charge in [0.1, 0.15) is 0 Å². The third-order valence-corrected chi connectivity index (χ3v) is 5.13. The Morgan fingerprint density at radius 2 is 2.17 bits per heavy atom. The molecule has 1 aromatic carbocycles. The van der Waals surface area contributed by atoms with Crippen molar-refractivity contribution in [3.8, 4) is 0 Å². The number of rotatable bonds is 3. The molecule has 1 aliphatic heterocycles. The Morgan fingerprint density at radius 3 is 2.92 bits per heavy atom. The van der Waals surface area contributed by atoms with Crippen molar-refractivity contribution in [2.75, 3.05) is 25.5 Å². The highest BCUT2D eigenvalue weighted by atomic mass is 16.2. The van der Waals surface area contributed by atoms with Crippen LogP contribution in [0.2, 0.25) is 0 Å². The highest BCUT2D eigenvalue weighted by Crippen LogP contribution is 2.24. The lowest BCUT2D eigenvalue weighted by Gasteiger charge is -2.40. The van der Waals surface area contributed by atoms with Crippen molar-refractivity contribution in [2.24, 2.45) is 0 Å². The van der Waals surface area contributed by atoms with Gasteiger partial charge in [0.2, 0.25) is 0 Å². The fourth-order valence-corrected chi connectivity index (χ4v) is 3.59. The van der Waals surface area contributed by atoms with Crippen LogP contribution in [0.15, 0.2) is 36.5 Å². The number of fused-ring (bicyclic) bond motifs is 1. The van der Waals surface area contributed by atoms with Gasteiger partial charge in [-0.1, -0.05) is 25.1 Å². The summed E-state index contributed by atoms with van der Waals surface area (Å²) >= 11 is 0. The van der Waals surface area contributed by atoms with Gasteiger partial charge in [0, 0.05) is 37.3 Å². The average molecular weight is 326 g/mol. The van der Waals surface area contributed by atoms with Crippen LogP contribution in [-0.4, -0.2) is 53.0 Å². The molecule has 2 heterocycles. The molecule has 1 N–H and O–H groups in total. The number of carbonyl (C=O) groups is 1. The van der Waals surface area contributed by atoms with Crippen LogP contribution in [0, 0.1) is 0 Å². The van der Waals surface area contributed by atoms with E-state index < -0.39 is 0 Å². The van der Waals surface area contributed by atoms with E-state index in [9.17, 15) is 4.79 Å². The Bertz CT molecular complexity index is 712. The maximum absolute atomic E-state index is 12.7. The van der Waals surface area contributed by atoms with Crippen molar-refractivity contribution < 1.29 is 4.79 Å². The zero-order valence-corrected chi connectivity index (χ0v) is 14.7. The number of benzene rings is 1. The number of hydrogen-bond acceptors (Lipinski definition) is 3. The van der Waals surface area contributed by atoms with E-state index in [1.807, 2.05) is 42.3 Å². The lowest BCUT2D eigenvalue weighted by atomic mass is 9.97. The van der Waals surface area contributed by atoms with E-state index in [-0.39, 0.29) is 12.1 Å². The smallest absolute Gasteiger partial charge is 0.321 e. The highest BCUT2D eigenvalue weighted by molar-refractivity contribution is 5.99. The number of aromatic nitrogens is 1. The molecule has 0 bridgehead atoms. The number of nitrogens with zero attached hydrogens (tertiary/aromatic N) is 3. The molecule has 2 amide bonds. The average Bonchev–Trinajstić information content (AvgIpc) is 2.61. The molecule has 1 aliphatic rings. The van der Waals surface area contributed by atoms with Gasteiger partial charge >= 0.3 is 6.03 Å². The van der Waals surface area contributed by atoms with Crippen molar-refractivity contribution in [1.82, 2.24) is 14.8 Å². The van der Waals surface area contributed by atoms with Gasteiger partial charge in [-0.3, -0.25) is 4.98 Å². The second-order valence-electron chi connectivity index (χ2n) is 6.58. The molecule has 1 aromatic heterocycles. The van der Waals surface area contributed by atoms with Crippen LogP contribution in [0.4, 0.5) is 10.5 Å². The molecule has 2 unspecified atom stereocenters. The molecular formula is C19H26N4O. The van der Waals surface area contributed by atoms with Gasteiger partial charge in [-0.2, -0.15) is 0 Å². The van der Waals surface area contributed by atoms with E-state index >= 15 is 0 Å². The number of nitrogens with one attached hydrogen (secondary N) is 1. The fourth-order valence-electron chi connectivity index (χ4n) is 3.59. The third kappa shape index (κ3) is 3.36. The topological polar surface area (TPSA) is 48.5 Å². The zero-order chi connectivity index (χ0) is 17.1. The Hall–Kier alpha value is -2.14. The van der Waals surface area contributed by atoms with Gasteiger partial charge in [-0.05, 0) is 38.4 Å². The predicted octanol–water partition coefficient (Wildman–Crippen LogP) is 3.57. The van der Waals surface area contributed by atoms with Gasteiger partial charge in [0.15, 0.2) is 0 Å². The van der Waals surface area contributed by atoms with E-state index in [0.717, 1.165) is 42.5 Å². The maximum atomic E-state index is 12.7. The van der Waals surface area contributed by atoms with Crippen LogP contribution >= 0.6 is 0 Å². The van der Waals surface area contributed by atoms with Crippen LogP contribution in [0.3, 0.4) is 0 Å². The summed E-state index contributed by atoms with van der Waals surface area (Å²) in [4.78, 5) is 21.4. The first-order valence-corrected chi connectivity index (χ1v) is 8.71. The number of carbonyl (C=O) groups excluding carboxylic acids is 1. The number of urea groups is 1. The van der Waals surface area contributed by atoms with Gasteiger partial charge in [-0.25, -0.2) is 4.79 Å². The molecule has 5 nitrogen and oxygen atoms in total. The van der Waals surface area contributed by atoms with E-state index in [2.05, 4.69) is 29.0 Å². The molecule has 0 saturated carbocycles. The molecule has 128 valence electrons. The van der Waals surface area contributed by atoms with E-state index in [0.29, 0.717) is 6.04 Å². The fraction of sp³-hybridized carbons (Fsp3) is 0.474. The lowest BCUT2D eigenvalue weighted by Crippen LogP contribution is -2.50. The normalized spacial score (nSPS) is 21.6. The standard InChI is InChI=1S/C19H26N4O/c1-4-23-12-10-16(13-14(23)2)22(3)19(24)21-17-9-5-7-15-8-6-11-20-18(15)17/h5-9,11,14,16H,4,10,12-13H2,1-3H3,(H,21,24). The Morgan fingerprint density at radius 1 is 1.38 bits per heavy atom. The summed E-state index contributed by atoms with van der Waals surface area (Å²) in [5.74, 6) is 0. The Balaban J connectivity index is 1.70. The predicted molar refractivity (Wildman–Crippen MR) is 98.3 cm³/mol. The number of piperidine rings is 1. The third-order valence-electron chi connectivity index (χ3n) is 5.13. The van der Waals surface area contributed by atoms with Crippen molar-refractivity contribution >= 4 is 22.6 Å². The molecule has 0 spiro atoms. The highest BCUT2D eigenvalue weighted by Gasteiger charge is 2.29. The molecule has 2 aromatic rings. The Labute approximate surface area is 143 Å². The largest absolute Gasteiger partial charge is 0.325 e. The van der Waals surface area contributed by atoms with E-state index in [1.54, 1.807) is 6.20 Å². The SMILES string of the molecule is CCN1CCC(N(C)C(=O)Nc2cccc3cccnc23)CC1C. The molecule has 2 atom stereocenters. The molecule has 0 radical (unpaired) electrons. The van der Waals surface area contributed by atoms with Crippen LogP contribution < -0.4 is 5.32 Å². The maximum Gasteiger partial charge on any atom is 0.321 e. The minimum Gasteiger partial charge on any atom is -0.325 e. The first-order valence-electron chi connectivity index (χ1n) is 8.71. The second kappa shape index (κ2) is 7.18. The number of hydrogen-bond donors (Lipinski definition) is 1. The monoisotopic (exact) mass is 326 g/mol. The lowest BCUT2D eigenvalue weighted by molar-refractivity contribution is 0.104. The van der Waals surface area contributed by atoms with Gasteiger partial charge in [0.25, 0.3) is 0 Å². The van der Waals surface area contributed by atoms with Crippen LogP contribution in [-0.2, 0) is 0 Å². The van der Waals surface area contributed by atoms with Crippen molar-refractivity contribution in [2.45, 2.75) is 38.8 Å². The number of anilines is 1. The number of pyridine rings is 1. The molecule has 3 rings (SSSR count). The second-order valence-corrected chi connectivity index (χ2v) is 6.58. The minimum atomic E-state index is -0.0599. The van der Waals surface area contributed by atoms with Crippen LogP contribution in [0.5, 0.6) is 0 Å². The summed E-state index contributed by atoms with van der Waals surface area (Å²) in [6, 6.07) is 10.5. The van der Waals surface area contributed by atoms with Crippen molar-refractivity contribution in [3.05, 3.63) is 36.5 Å². The van der Waals surface area contributed by atoms with Gasteiger partial charge < -0.3 is 15.1 Å². The summed E-state index contributed by atoms with van der Waals surface area (Å²) in [7, 11) is 1.90. The number of para-hydroxylation sites is 1. The quantitative estimate of drug-likeness (QED) is 0.938. The number of likely N-dealkylation sites (tertiary alicyclic amines) is 1. The van der Waals surface area contributed by atoms with E-state index in [1.165, 1.54) is 0 Å². The van der Waals surface area contributed by atoms with E-state index in [4.69, 9.17) is 0 Å². The molecular weight excluding hydrogens is 300 g/mol. The van der Waals surface area contributed by atoms with Crippen molar-refractivity contribution in [1.29, 1.82) is 0 Å². The van der Waals surface area contributed by atoms with Crippen LogP contribution in [0.1, 0.15) is 26.7 Å². The summed E-state index contributed by atoms with van der Waals surface area (Å²) in [6.07, 6.45) is 3.80. The number of amides is 2.